The molecule has 0 aromatic heterocycles. The van der Waals surface area contributed by atoms with E-state index in [0.29, 0.717) is 18.4 Å². The first kappa shape index (κ1) is 23.9. The number of carbonyl (C=O) groups excluding carboxylic acids is 1. The van der Waals surface area contributed by atoms with Crippen molar-refractivity contribution in [3.8, 4) is 0 Å². The molecular weight excluding hydrogens is 463 g/mol. The zero-order chi connectivity index (χ0) is 19.8. The van der Waals surface area contributed by atoms with E-state index in [4.69, 9.17) is 5.73 Å². The molecule has 2 rings (SSSR count). The second kappa shape index (κ2) is 11.7. The summed E-state index contributed by atoms with van der Waals surface area (Å²) in [6, 6.07) is 15.8. The summed E-state index contributed by atoms with van der Waals surface area (Å²) in [5, 5.41) is 6.08. The molecule has 2 aromatic carbocycles. The molecule has 0 bridgehead atoms. The van der Waals surface area contributed by atoms with Crippen LogP contribution in [0, 0.1) is 5.92 Å². The van der Waals surface area contributed by atoms with Gasteiger partial charge in [-0.3, -0.25) is 4.79 Å². The van der Waals surface area contributed by atoms with Crippen LogP contribution in [0.3, 0.4) is 0 Å². The van der Waals surface area contributed by atoms with Crippen molar-refractivity contribution in [2.75, 3.05) is 10.6 Å². The molecule has 1 amide bonds. The maximum Gasteiger partial charge on any atom is 0.227 e. The number of benzene rings is 2. The molecule has 152 valence electrons. The van der Waals surface area contributed by atoms with E-state index in [1.165, 1.54) is 5.56 Å². The zero-order valence-electron chi connectivity index (χ0n) is 17.0. The highest BCUT2D eigenvalue weighted by Crippen LogP contribution is 2.18. The molecule has 1 unspecified atom stereocenters. The predicted octanol–water partition coefficient (Wildman–Crippen LogP) is 5.34. The van der Waals surface area contributed by atoms with Crippen LogP contribution >= 0.6 is 24.0 Å². The Morgan fingerprint density at radius 2 is 1.68 bits per heavy atom. The number of nitrogens with zero attached hydrogens (tertiary/aromatic N) is 1. The van der Waals surface area contributed by atoms with Gasteiger partial charge in [-0.25, -0.2) is 4.99 Å². The standard InChI is InChI=1S/C22H30N4O.HI/c1-5-16(4)21(27)25-19-10-6-8-17(12-19)14-24-22(23)26-20-11-7-9-18(13-20)15(2)3;/h6-13,15-16H,5,14H2,1-4H3,(H,25,27)(H3,23,24,26);1H. The van der Waals surface area contributed by atoms with E-state index in [0.717, 1.165) is 23.4 Å². The maximum atomic E-state index is 12.0. The molecule has 2 aromatic rings. The fourth-order valence-electron chi connectivity index (χ4n) is 2.54. The number of nitrogens with one attached hydrogen (secondary N) is 2. The lowest BCUT2D eigenvalue weighted by Gasteiger charge is -2.11. The van der Waals surface area contributed by atoms with Crippen LogP contribution in [0.25, 0.3) is 0 Å². The van der Waals surface area contributed by atoms with Gasteiger partial charge in [0, 0.05) is 17.3 Å². The molecule has 0 aliphatic heterocycles. The first-order valence-corrected chi connectivity index (χ1v) is 9.45. The van der Waals surface area contributed by atoms with Gasteiger partial charge in [-0.2, -0.15) is 0 Å². The highest BCUT2D eigenvalue weighted by Gasteiger charge is 2.10. The number of hydrogen-bond acceptors (Lipinski definition) is 2. The lowest BCUT2D eigenvalue weighted by Crippen LogP contribution is -2.22. The normalized spacial score (nSPS) is 12.2. The SMILES string of the molecule is CCC(C)C(=O)Nc1cccc(CN=C(N)Nc2cccc(C(C)C)c2)c1.I. The van der Waals surface area contributed by atoms with E-state index in [1.807, 2.05) is 50.2 Å². The molecule has 0 aliphatic rings. The minimum atomic E-state index is -0.00637. The predicted molar refractivity (Wildman–Crippen MR) is 129 cm³/mol. The van der Waals surface area contributed by atoms with Crippen molar-refractivity contribution >= 4 is 47.2 Å². The minimum Gasteiger partial charge on any atom is -0.370 e. The van der Waals surface area contributed by atoms with Gasteiger partial charge in [-0.1, -0.05) is 52.0 Å². The van der Waals surface area contributed by atoms with Crippen molar-refractivity contribution < 1.29 is 4.79 Å². The summed E-state index contributed by atoms with van der Waals surface area (Å²) in [5.74, 6) is 0.848. The van der Waals surface area contributed by atoms with Gasteiger partial charge in [0.2, 0.25) is 5.91 Å². The molecule has 0 spiro atoms. The van der Waals surface area contributed by atoms with Gasteiger partial charge in [0.25, 0.3) is 0 Å². The molecular formula is C22H31IN4O. The van der Waals surface area contributed by atoms with Gasteiger partial charge in [0.15, 0.2) is 5.96 Å². The number of anilines is 2. The molecule has 0 radical (unpaired) electrons. The average Bonchev–Trinajstić information content (AvgIpc) is 2.66. The Bertz CT molecular complexity index is 805. The van der Waals surface area contributed by atoms with Gasteiger partial charge in [-0.15, -0.1) is 24.0 Å². The Labute approximate surface area is 185 Å². The van der Waals surface area contributed by atoms with Crippen molar-refractivity contribution in [3.63, 3.8) is 0 Å². The van der Waals surface area contributed by atoms with Gasteiger partial charge in [-0.05, 0) is 47.7 Å². The monoisotopic (exact) mass is 494 g/mol. The molecule has 1 atom stereocenters. The Balaban J connectivity index is 0.00000392. The number of rotatable bonds is 7. The molecule has 28 heavy (non-hydrogen) atoms. The fourth-order valence-corrected chi connectivity index (χ4v) is 2.54. The van der Waals surface area contributed by atoms with Crippen LogP contribution in [-0.2, 0) is 11.3 Å². The highest BCUT2D eigenvalue weighted by atomic mass is 127. The Morgan fingerprint density at radius 3 is 2.32 bits per heavy atom. The van der Waals surface area contributed by atoms with Crippen LogP contribution in [0.1, 0.15) is 51.2 Å². The lowest BCUT2D eigenvalue weighted by molar-refractivity contribution is -0.119. The average molecular weight is 494 g/mol. The third kappa shape index (κ3) is 7.50. The second-order valence-corrected chi connectivity index (χ2v) is 7.11. The Hall–Kier alpha value is -2.09. The lowest BCUT2D eigenvalue weighted by atomic mass is 10.0. The van der Waals surface area contributed by atoms with Crippen LogP contribution in [0.2, 0.25) is 0 Å². The van der Waals surface area contributed by atoms with Crippen LogP contribution < -0.4 is 16.4 Å². The number of halogens is 1. The minimum absolute atomic E-state index is 0. The molecule has 0 heterocycles. The molecule has 4 N–H and O–H groups in total. The molecule has 0 fully saturated rings. The van der Waals surface area contributed by atoms with Crippen molar-refractivity contribution in [2.45, 2.75) is 46.6 Å². The number of carbonyl (C=O) groups is 1. The molecule has 5 nitrogen and oxygen atoms in total. The number of aliphatic imine (C=N–C) groups is 1. The second-order valence-electron chi connectivity index (χ2n) is 7.11. The fraction of sp³-hybridized carbons (Fsp3) is 0.364. The molecule has 0 aliphatic carbocycles. The summed E-state index contributed by atoms with van der Waals surface area (Å²) in [6.45, 7) is 8.68. The van der Waals surface area contributed by atoms with E-state index < -0.39 is 0 Å². The van der Waals surface area contributed by atoms with Gasteiger partial charge < -0.3 is 16.4 Å². The quantitative estimate of drug-likeness (QED) is 0.276. The number of guanidine groups is 1. The summed E-state index contributed by atoms with van der Waals surface area (Å²) in [4.78, 5) is 16.4. The largest absolute Gasteiger partial charge is 0.370 e. The third-order valence-corrected chi connectivity index (χ3v) is 4.51. The summed E-state index contributed by atoms with van der Waals surface area (Å²) in [7, 11) is 0. The summed E-state index contributed by atoms with van der Waals surface area (Å²) in [6.07, 6.45) is 0.816. The first-order chi connectivity index (χ1) is 12.9. The third-order valence-electron chi connectivity index (χ3n) is 4.51. The number of nitrogens with two attached hydrogens (primary N) is 1. The molecule has 0 saturated heterocycles. The number of amides is 1. The number of hydrogen-bond donors (Lipinski definition) is 3. The smallest absolute Gasteiger partial charge is 0.227 e. The van der Waals surface area contributed by atoms with Crippen LogP contribution in [0.4, 0.5) is 11.4 Å². The zero-order valence-corrected chi connectivity index (χ0v) is 19.4. The highest BCUT2D eigenvalue weighted by molar-refractivity contribution is 14.0. The first-order valence-electron chi connectivity index (χ1n) is 9.45. The van der Waals surface area contributed by atoms with E-state index in [2.05, 4.69) is 41.6 Å². The molecule has 0 saturated carbocycles. The van der Waals surface area contributed by atoms with E-state index in [1.54, 1.807) is 0 Å². The topological polar surface area (TPSA) is 79.5 Å². The summed E-state index contributed by atoms with van der Waals surface area (Å²) < 4.78 is 0. The molecule has 6 heteroatoms. The van der Waals surface area contributed by atoms with Gasteiger partial charge in [0.05, 0.1) is 6.54 Å². The van der Waals surface area contributed by atoms with Gasteiger partial charge >= 0.3 is 0 Å². The van der Waals surface area contributed by atoms with Crippen molar-refractivity contribution in [2.24, 2.45) is 16.6 Å². The Kier molecular flexibility index (Phi) is 9.99. The van der Waals surface area contributed by atoms with Crippen LogP contribution in [0.15, 0.2) is 53.5 Å². The van der Waals surface area contributed by atoms with Crippen LogP contribution in [0.5, 0.6) is 0 Å². The van der Waals surface area contributed by atoms with Crippen LogP contribution in [-0.4, -0.2) is 11.9 Å². The van der Waals surface area contributed by atoms with E-state index in [9.17, 15) is 4.79 Å². The Morgan fingerprint density at radius 1 is 1.04 bits per heavy atom. The van der Waals surface area contributed by atoms with Crippen molar-refractivity contribution in [1.82, 2.24) is 0 Å². The van der Waals surface area contributed by atoms with Gasteiger partial charge in [0.1, 0.15) is 0 Å². The van der Waals surface area contributed by atoms with E-state index >= 15 is 0 Å². The summed E-state index contributed by atoms with van der Waals surface area (Å²) in [5.41, 5.74) is 9.97. The summed E-state index contributed by atoms with van der Waals surface area (Å²) >= 11 is 0. The van der Waals surface area contributed by atoms with Crippen molar-refractivity contribution in [3.05, 3.63) is 59.7 Å². The maximum absolute atomic E-state index is 12.0. The van der Waals surface area contributed by atoms with Crippen molar-refractivity contribution in [1.29, 1.82) is 0 Å². The van der Waals surface area contributed by atoms with E-state index in [-0.39, 0.29) is 35.8 Å².